The SMILES string of the molecule is CN=C(NCCc1coc(-c2ccc(C)cc2)n1)NCCc1c[nH]c2ccc(F)cc12. The van der Waals surface area contributed by atoms with Gasteiger partial charge in [0.2, 0.25) is 5.89 Å². The lowest BCUT2D eigenvalue weighted by molar-refractivity contribution is 0.572. The van der Waals surface area contributed by atoms with Crippen LogP contribution in [-0.4, -0.2) is 36.1 Å². The lowest BCUT2D eigenvalue weighted by Crippen LogP contribution is -2.39. The first kappa shape index (κ1) is 20.7. The molecule has 0 atom stereocenters. The van der Waals surface area contributed by atoms with E-state index in [1.165, 1.54) is 11.6 Å². The van der Waals surface area contributed by atoms with Crippen molar-refractivity contribution in [2.24, 2.45) is 4.99 Å². The minimum atomic E-state index is -0.225. The van der Waals surface area contributed by atoms with Crippen molar-refractivity contribution >= 4 is 16.9 Å². The van der Waals surface area contributed by atoms with Gasteiger partial charge in [-0.05, 0) is 49.2 Å². The van der Waals surface area contributed by atoms with E-state index in [0.29, 0.717) is 24.9 Å². The van der Waals surface area contributed by atoms with Crippen LogP contribution in [0.25, 0.3) is 22.4 Å². The van der Waals surface area contributed by atoms with E-state index in [2.05, 4.69) is 32.5 Å². The fourth-order valence-corrected chi connectivity index (χ4v) is 3.45. The van der Waals surface area contributed by atoms with Gasteiger partial charge in [-0.2, -0.15) is 0 Å². The second-order valence-corrected chi connectivity index (χ2v) is 7.44. The lowest BCUT2D eigenvalue weighted by Gasteiger charge is -2.11. The highest BCUT2D eigenvalue weighted by atomic mass is 19.1. The predicted molar refractivity (Wildman–Crippen MR) is 122 cm³/mol. The maximum Gasteiger partial charge on any atom is 0.226 e. The molecule has 0 aliphatic carbocycles. The molecule has 2 heterocycles. The summed E-state index contributed by atoms with van der Waals surface area (Å²) in [4.78, 5) is 12.0. The van der Waals surface area contributed by atoms with E-state index >= 15 is 0 Å². The first-order valence-electron chi connectivity index (χ1n) is 10.3. The summed E-state index contributed by atoms with van der Waals surface area (Å²) in [6.45, 7) is 3.42. The molecule has 0 fully saturated rings. The van der Waals surface area contributed by atoms with Gasteiger partial charge < -0.3 is 20.0 Å². The summed E-state index contributed by atoms with van der Waals surface area (Å²) in [7, 11) is 1.74. The predicted octanol–water partition coefficient (Wildman–Crippen LogP) is 4.22. The lowest BCUT2D eigenvalue weighted by atomic mass is 10.1. The molecule has 160 valence electrons. The molecule has 2 aromatic heterocycles. The Morgan fingerprint density at radius 2 is 1.87 bits per heavy atom. The fourth-order valence-electron chi connectivity index (χ4n) is 3.45. The zero-order valence-corrected chi connectivity index (χ0v) is 17.7. The molecule has 4 rings (SSSR count). The van der Waals surface area contributed by atoms with Crippen molar-refractivity contribution in [3.63, 3.8) is 0 Å². The van der Waals surface area contributed by atoms with Crippen LogP contribution in [0.5, 0.6) is 0 Å². The van der Waals surface area contributed by atoms with Gasteiger partial charge >= 0.3 is 0 Å². The molecular formula is C24H26FN5O. The number of aliphatic imine (C=N–C) groups is 1. The van der Waals surface area contributed by atoms with Crippen molar-refractivity contribution in [3.05, 3.63) is 77.6 Å². The molecule has 3 N–H and O–H groups in total. The quantitative estimate of drug-likeness (QED) is 0.310. The van der Waals surface area contributed by atoms with E-state index in [1.807, 2.05) is 30.5 Å². The Balaban J connectivity index is 1.24. The van der Waals surface area contributed by atoms with Gasteiger partial charge in [0.15, 0.2) is 5.96 Å². The maximum atomic E-state index is 13.5. The smallest absolute Gasteiger partial charge is 0.226 e. The summed E-state index contributed by atoms with van der Waals surface area (Å²) in [5, 5.41) is 7.50. The monoisotopic (exact) mass is 419 g/mol. The Morgan fingerprint density at radius 1 is 1.10 bits per heavy atom. The average molecular weight is 420 g/mol. The first-order valence-corrected chi connectivity index (χ1v) is 10.3. The van der Waals surface area contributed by atoms with Crippen molar-refractivity contribution < 1.29 is 8.81 Å². The van der Waals surface area contributed by atoms with E-state index in [-0.39, 0.29) is 5.82 Å². The summed E-state index contributed by atoms with van der Waals surface area (Å²) in [6, 6.07) is 12.9. The number of aryl methyl sites for hydroxylation is 1. The number of H-pyrrole nitrogens is 1. The highest BCUT2D eigenvalue weighted by molar-refractivity contribution is 5.83. The van der Waals surface area contributed by atoms with Gasteiger partial charge in [-0.25, -0.2) is 9.37 Å². The Bertz CT molecular complexity index is 1180. The minimum absolute atomic E-state index is 0.225. The van der Waals surface area contributed by atoms with Crippen LogP contribution in [0.4, 0.5) is 4.39 Å². The molecular weight excluding hydrogens is 393 g/mol. The molecule has 0 spiro atoms. The summed E-state index contributed by atoms with van der Waals surface area (Å²) in [5.41, 5.74) is 5.08. The second kappa shape index (κ2) is 9.47. The van der Waals surface area contributed by atoms with Crippen molar-refractivity contribution in [1.29, 1.82) is 0 Å². The number of hydrogen-bond acceptors (Lipinski definition) is 3. The molecule has 0 unspecified atom stereocenters. The molecule has 0 saturated carbocycles. The number of aromatic nitrogens is 2. The van der Waals surface area contributed by atoms with Crippen molar-refractivity contribution in [2.45, 2.75) is 19.8 Å². The van der Waals surface area contributed by atoms with Crippen molar-refractivity contribution in [3.8, 4) is 11.5 Å². The molecule has 4 aromatic rings. The normalized spacial score (nSPS) is 11.8. The van der Waals surface area contributed by atoms with Gasteiger partial charge in [0.05, 0.1) is 5.69 Å². The molecule has 0 amide bonds. The third-order valence-electron chi connectivity index (χ3n) is 5.16. The summed E-state index contributed by atoms with van der Waals surface area (Å²) < 4.78 is 19.1. The summed E-state index contributed by atoms with van der Waals surface area (Å²) in [6.07, 6.45) is 5.10. The van der Waals surface area contributed by atoms with Crippen LogP contribution in [0.2, 0.25) is 0 Å². The average Bonchev–Trinajstić information content (AvgIpc) is 3.40. The number of aromatic amines is 1. The number of nitrogens with zero attached hydrogens (tertiary/aromatic N) is 2. The second-order valence-electron chi connectivity index (χ2n) is 7.44. The van der Waals surface area contributed by atoms with Gasteiger partial charge in [0.1, 0.15) is 12.1 Å². The van der Waals surface area contributed by atoms with Crippen LogP contribution in [-0.2, 0) is 12.8 Å². The number of oxazole rings is 1. The third kappa shape index (κ3) is 5.12. The molecule has 2 aromatic carbocycles. The van der Waals surface area contributed by atoms with E-state index in [4.69, 9.17) is 4.42 Å². The van der Waals surface area contributed by atoms with Crippen LogP contribution in [0.1, 0.15) is 16.8 Å². The van der Waals surface area contributed by atoms with E-state index < -0.39 is 0 Å². The molecule has 0 aliphatic rings. The molecule has 7 heteroatoms. The van der Waals surface area contributed by atoms with Gasteiger partial charge in [-0.1, -0.05) is 17.7 Å². The Kier molecular flexibility index (Phi) is 6.31. The van der Waals surface area contributed by atoms with Gasteiger partial charge in [0, 0.05) is 49.2 Å². The molecule has 0 radical (unpaired) electrons. The molecule has 0 saturated heterocycles. The zero-order chi connectivity index (χ0) is 21.6. The van der Waals surface area contributed by atoms with Crippen LogP contribution in [0, 0.1) is 12.7 Å². The molecule has 0 bridgehead atoms. The van der Waals surface area contributed by atoms with Crippen LogP contribution >= 0.6 is 0 Å². The summed E-state index contributed by atoms with van der Waals surface area (Å²) >= 11 is 0. The number of hydrogen-bond donors (Lipinski definition) is 3. The Labute approximate surface area is 180 Å². The van der Waals surface area contributed by atoms with Gasteiger partial charge in [-0.15, -0.1) is 0 Å². The van der Waals surface area contributed by atoms with Crippen LogP contribution in [0.3, 0.4) is 0 Å². The fraction of sp³-hybridized carbons (Fsp3) is 0.250. The zero-order valence-electron chi connectivity index (χ0n) is 17.7. The van der Waals surface area contributed by atoms with E-state index in [1.54, 1.807) is 25.4 Å². The first-order chi connectivity index (χ1) is 15.1. The Morgan fingerprint density at radius 3 is 2.65 bits per heavy atom. The van der Waals surface area contributed by atoms with E-state index in [0.717, 1.165) is 40.6 Å². The largest absolute Gasteiger partial charge is 0.444 e. The minimum Gasteiger partial charge on any atom is -0.444 e. The molecule has 31 heavy (non-hydrogen) atoms. The number of benzene rings is 2. The molecule has 6 nitrogen and oxygen atoms in total. The van der Waals surface area contributed by atoms with Crippen LogP contribution in [0.15, 0.2) is 64.3 Å². The van der Waals surface area contributed by atoms with Gasteiger partial charge in [0.25, 0.3) is 0 Å². The number of halogens is 1. The highest BCUT2D eigenvalue weighted by Crippen LogP contribution is 2.20. The summed E-state index contributed by atoms with van der Waals surface area (Å²) in [5.74, 6) is 1.12. The maximum absolute atomic E-state index is 13.5. The Hall–Kier alpha value is -3.61. The van der Waals surface area contributed by atoms with Crippen molar-refractivity contribution in [2.75, 3.05) is 20.1 Å². The number of rotatable bonds is 7. The third-order valence-corrected chi connectivity index (χ3v) is 5.16. The standard InChI is InChI=1S/C24H26FN5O/c1-16-3-5-17(6-4-16)23-30-20(15-31-23)10-12-28-24(26-2)27-11-9-18-14-29-22-8-7-19(25)13-21(18)22/h3-8,13-15,29H,9-12H2,1-2H3,(H2,26,27,28). The molecule has 0 aliphatic heterocycles. The number of guanidine groups is 1. The van der Waals surface area contributed by atoms with E-state index in [9.17, 15) is 4.39 Å². The van der Waals surface area contributed by atoms with Gasteiger partial charge in [-0.3, -0.25) is 4.99 Å². The van der Waals surface area contributed by atoms with Crippen LogP contribution < -0.4 is 10.6 Å². The highest BCUT2D eigenvalue weighted by Gasteiger charge is 2.08. The number of fused-ring (bicyclic) bond motifs is 1. The van der Waals surface area contributed by atoms with Crippen molar-refractivity contribution in [1.82, 2.24) is 20.6 Å². The topological polar surface area (TPSA) is 78.2 Å². The number of nitrogens with one attached hydrogen (secondary N) is 3.